The zero-order valence-electron chi connectivity index (χ0n) is 26.0. The van der Waals surface area contributed by atoms with E-state index >= 15 is 0 Å². The fourth-order valence-corrected chi connectivity index (χ4v) is 6.67. The molecule has 0 saturated heterocycles. The molecule has 48 heavy (non-hydrogen) atoms. The summed E-state index contributed by atoms with van der Waals surface area (Å²) in [7, 11) is 0. The highest BCUT2D eigenvalue weighted by molar-refractivity contribution is 6.12. The number of benzene rings is 7. The molecule has 8 aromatic rings. The topological polar surface area (TPSA) is 55.8 Å². The number of aromatic nitrogens is 1. The maximum atomic E-state index is 11.0. The lowest BCUT2D eigenvalue weighted by molar-refractivity contribution is 1.14. The van der Waals surface area contributed by atoms with Crippen LogP contribution in [0, 0.1) is 22.7 Å². The van der Waals surface area contributed by atoms with Crippen LogP contribution in [0.4, 0.5) is 17.1 Å². The summed E-state index contributed by atoms with van der Waals surface area (Å²) in [6.45, 7) is 0. The second-order valence-corrected chi connectivity index (χ2v) is 11.6. The van der Waals surface area contributed by atoms with Crippen LogP contribution >= 0.6 is 0 Å². The molecule has 7 aromatic carbocycles. The lowest BCUT2D eigenvalue weighted by Crippen LogP contribution is -2.13. The number of anilines is 3. The van der Waals surface area contributed by atoms with Crippen molar-refractivity contribution < 1.29 is 0 Å². The van der Waals surface area contributed by atoms with Crippen molar-refractivity contribution in [2.45, 2.75) is 0 Å². The molecule has 0 radical (unpaired) electrons. The highest BCUT2D eigenvalue weighted by atomic mass is 15.1. The Hall–Kier alpha value is -6.88. The average Bonchev–Trinajstić information content (AvgIpc) is 3.49. The second-order valence-electron chi connectivity index (χ2n) is 11.6. The molecule has 0 aliphatic heterocycles. The van der Waals surface area contributed by atoms with Gasteiger partial charge in [0.1, 0.15) is 17.7 Å². The standard InChI is InChI=1S/C44H28N4/c45-29-35-23-26-43(47(36-17-9-3-10-18-36)37-19-11-4-12-20-37)40(30-46)44(35)48-41-24-21-33(31-13-5-1-6-14-31)27-38(41)39-28-34(22-25-42(39)48)32-15-7-2-8-16-32/h1-28H. The Labute approximate surface area is 279 Å². The van der Waals surface area contributed by atoms with Crippen LogP contribution in [0.15, 0.2) is 170 Å². The van der Waals surface area contributed by atoms with Gasteiger partial charge in [0, 0.05) is 22.1 Å². The van der Waals surface area contributed by atoms with Crippen molar-refractivity contribution >= 4 is 38.9 Å². The molecule has 0 saturated carbocycles. The van der Waals surface area contributed by atoms with Gasteiger partial charge < -0.3 is 9.47 Å². The second kappa shape index (κ2) is 12.1. The first-order chi connectivity index (χ1) is 23.7. The maximum absolute atomic E-state index is 11.0. The van der Waals surface area contributed by atoms with E-state index in [0.717, 1.165) is 55.4 Å². The van der Waals surface area contributed by atoms with Crippen molar-refractivity contribution in [1.82, 2.24) is 4.57 Å². The van der Waals surface area contributed by atoms with Crippen LogP contribution in [-0.4, -0.2) is 4.57 Å². The highest BCUT2D eigenvalue weighted by Crippen LogP contribution is 2.43. The number of fused-ring (bicyclic) bond motifs is 3. The van der Waals surface area contributed by atoms with Crippen molar-refractivity contribution in [2.75, 3.05) is 4.90 Å². The van der Waals surface area contributed by atoms with Gasteiger partial charge in [0.05, 0.1) is 28.0 Å². The Morgan fingerprint density at radius 2 is 0.896 bits per heavy atom. The van der Waals surface area contributed by atoms with E-state index < -0.39 is 0 Å². The van der Waals surface area contributed by atoms with Crippen LogP contribution in [0.25, 0.3) is 49.7 Å². The van der Waals surface area contributed by atoms with Crippen LogP contribution in [-0.2, 0) is 0 Å². The molecule has 224 valence electrons. The molecule has 0 aliphatic rings. The first-order valence-electron chi connectivity index (χ1n) is 15.8. The molecule has 1 heterocycles. The van der Waals surface area contributed by atoms with Gasteiger partial charge >= 0.3 is 0 Å². The first kappa shape index (κ1) is 28.6. The summed E-state index contributed by atoms with van der Waals surface area (Å²) >= 11 is 0. The molecular weight excluding hydrogens is 585 g/mol. The fraction of sp³-hybridized carbons (Fsp3) is 0. The van der Waals surface area contributed by atoms with E-state index in [9.17, 15) is 10.5 Å². The average molecular weight is 613 g/mol. The van der Waals surface area contributed by atoms with E-state index in [1.807, 2.05) is 109 Å². The molecule has 4 nitrogen and oxygen atoms in total. The minimum Gasteiger partial charge on any atom is -0.309 e. The maximum Gasteiger partial charge on any atom is 0.104 e. The summed E-state index contributed by atoms with van der Waals surface area (Å²) in [5.41, 5.74) is 10.2. The third kappa shape index (κ3) is 4.86. The van der Waals surface area contributed by atoms with Crippen molar-refractivity contribution in [2.24, 2.45) is 0 Å². The van der Waals surface area contributed by atoms with Gasteiger partial charge in [-0.1, -0.05) is 109 Å². The molecule has 1 aromatic heterocycles. The highest BCUT2D eigenvalue weighted by Gasteiger charge is 2.25. The van der Waals surface area contributed by atoms with Gasteiger partial charge in [0.25, 0.3) is 0 Å². The molecule has 0 bridgehead atoms. The van der Waals surface area contributed by atoms with Crippen LogP contribution in [0.1, 0.15) is 11.1 Å². The van der Waals surface area contributed by atoms with E-state index in [-0.39, 0.29) is 0 Å². The SMILES string of the molecule is N#Cc1ccc(N(c2ccccc2)c2ccccc2)c(C#N)c1-n1c2ccc(-c3ccccc3)cc2c2cc(-c3ccccc3)ccc21. The van der Waals surface area contributed by atoms with Gasteiger partial charge in [0.2, 0.25) is 0 Å². The van der Waals surface area contributed by atoms with Crippen LogP contribution in [0.5, 0.6) is 0 Å². The Balaban J connectivity index is 1.45. The summed E-state index contributed by atoms with van der Waals surface area (Å²) in [5, 5.41) is 23.6. The quantitative estimate of drug-likeness (QED) is 0.188. The van der Waals surface area contributed by atoms with Crippen molar-refractivity contribution in [3.05, 3.63) is 181 Å². The number of nitrogens with zero attached hydrogens (tertiary/aromatic N) is 4. The van der Waals surface area contributed by atoms with E-state index in [1.54, 1.807) is 0 Å². The van der Waals surface area contributed by atoms with Crippen LogP contribution < -0.4 is 4.90 Å². The summed E-state index contributed by atoms with van der Waals surface area (Å²) < 4.78 is 2.10. The fourth-order valence-electron chi connectivity index (χ4n) is 6.67. The molecule has 0 amide bonds. The summed E-state index contributed by atoms with van der Waals surface area (Å²) in [4.78, 5) is 2.08. The molecule has 0 spiro atoms. The molecule has 0 unspecified atom stereocenters. The van der Waals surface area contributed by atoms with Crippen molar-refractivity contribution in [3.63, 3.8) is 0 Å². The van der Waals surface area contributed by atoms with Gasteiger partial charge in [0.15, 0.2) is 0 Å². The predicted molar refractivity (Wildman–Crippen MR) is 196 cm³/mol. The number of para-hydroxylation sites is 2. The summed E-state index contributed by atoms with van der Waals surface area (Å²) in [5.74, 6) is 0. The molecule has 0 N–H and O–H groups in total. The normalized spacial score (nSPS) is 10.9. The minimum atomic E-state index is 0.417. The Morgan fingerprint density at radius 3 is 1.33 bits per heavy atom. The van der Waals surface area contributed by atoms with Gasteiger partial charge in [-0.25, -0.2) is 0 Å². The molecule has 0 atom stereocenters. The van der Waals surface area contributed by atoms with Gasteiger partial charge in [-0.2, -0.15) is 10.5 Å². The lowest BCUT2D eigenvalue weighted by atomic mass is 10.0. The Bertz CT molecular complexity index is 2370. The smallest absolute Gasteiger partial charge is 0.104 e. The van der Waals surface area contributed by atoms with Gasteiger partial charge in [-0.15, -0.1) is 0 Å². The zero-order valence-corrected chi connectivity index (χ0v) is 26.0. The first-order valence-corrected chi connectivity index (χ1v) is 15.8. The van der Waals surface area contributed by atoms with Crippen LogP contribution in [0.3, 0.4) is 0 Å². The summed E-state index contributed by atoms with van der Waals surface area (Å²) in [6.07, 6.45) is 0. The zero-order chi connectivity index (χ0) is 32.5. The lowest BCUT2D eigenvalue weighted by Gasteiger charge is -2.27. The largest absolute Gasteiger partial charge is 0.309 e. The van der Waals surface area contributed by atoms with Crippen molar-refractivity contribution in [1.29, 1.82) is 10.5 Å². The number of hydrogen-bond acceptors (Lipinski definition) is 3. The minimum absolute atomic E-state index is 0.417. The predicted octanol–water partition coefficient (Wildman–Crippen LogP) is 11.3. The molecule has 0 aliphatic carbocycles. The summed E-state index contributed by atoms with van der Waals surface area (Å²) in [6, 6.07) is 62.3. The number of nitriles is 2. The Kier molecular flexibility index (Phi) is 7.23. The molecule has 4 heteroatoms. The molecule has 0 fully saturated rings. The third-order valence-electron chi connectivity index (χ3n) is 8.86. The monoisotopic (exact) mass is 612 g/mol. The van der Waals surface area contributed by atoms with E-state index in [0.29, 0.717) is 22.5 Å². The van der Waals surface area contributed by atoms with Gasteiger partial charge in [-0.05, 0) is 82.9 Å². The van der Waals surface area contributed by atoms with E-state index in [2.05, 4.69) is 82.3 Å². The molecule has 8 rings (SSSR count). The third-order valence-corrected chi connectivity index (χ3v) is 8.86. The van der Waals surface area contributed by atoms with E-state index in [1.165, 1.54) is 0 Å². The van der Waals surface area contributed by atoms with Gasteiger partial charge in [-0.3, -0.25) is 0 Å². The molecular formula is C44H28N4. The number of rotatable bonds is 6. The number of hydrogen-bond donors (Lipinski definition) is 0. The van der Waals surface area contributed by atoms with Crippen LogP contribution in [0.2, 0.25) is 0 Å². The van der Waals surface area contributed by atoms with Crippen molar-refractivity contribution in [3.8, 4) is 40.1 Å². The van der Waals surface area contributed by atoms with E-state index in [4.69, 9.17) is 0 Å². The Morgan fingerprint density at radius 1 is 0.438 bits per heavy atom.